The van der Waals surface area contributed by atoms with Gasteiger partial charge >= 0.3 is 0 Å². The molecule has 0 radical (unpaired) electrons. The largest absolute Gasteiger partial charge is 0.378 e. The molecule has 0 amide bonds. The van der Waals surface area contributed by atoms with E-state index in [9.17, 15) is 5.11 Å². The average molecular weight is 291 g/mol. The van der Waals surface area contributed by atoms with Crippen molar-refractivity contribution in [3.05, 3.63) is 97.1 Å². The highest BCUT2D eigenvalue weighted by Gasteiger charge is 2.40. The maximum Gasteiger partial charge on any atom is 0.141 e. The molecule has 0 aliphatic carbocycles. The quantitative estimate of drug-likeness (QED) is 0.735. The molecule has 0 fully saturated rings. The second-order valence-electron chi connectivity index (χ2n) is 5.05. The van der Waals surface area contributed by atoms with E-state index in [4.69, 9.17) is 0 Å². The molecular weight excluding hydrogens is 274 g/mol. The number of aliphatic hydroxyl groups is 1. The fourth-order valence-electron chi connectivity index (χ4n) is 2.72. The molecule has 1 N–H and O–H groups in total. The zero-order valence-corrected chi connectivity index (χ0v) is 12.1. The lowest BCUT2D eigenvalue weighted by molar-refractivity contribution is 0.0367. The Bertz CT molecular complexity index is 684. The number of hydrogen-bond acceptors (Lipinski definition) is 3. The molecule has 0 bridgehead atoms. The molecule has 4 heteroatoms. The zero-order chi connectivity index (χ0) is 15.4. The number of hydrogen-bond donors (Lipinski definition) is 1. The highest BCUT2D eigenvalue weighted by Crippen LogP contribution is 2.39. The Kier molecular flexibility index (Phi) is 3.85. The summed E-state index contributed by atoms with van der Waals surface area (Å²) in [6.45, 7) is 3.89. The van der Waals surface area contributed by atoms with E-state index in [0.29, 0.717) is 0 Å². The molecule has 0 saturated carbocycles. The predicted octanol–water partition coefficient (Wildman–Crippen LogP) is 2.94. The Hall–Kier alpha value is -2.72. The summed E-state index contributed by atoms with van der Waals surface area (Å²) >= 11 is 0. The van der Waals surface area contributed by atoms with Crippen molar-refractivity contribution < 1.29 is 5.11 Å². The van der Waals surface area contributed by atoms with Gasteiger partial charge in [-0.1, -0.05) is 66.7 Å². The monoisotopic (exact) mass is 291 g/mol. The zero-order valence-electron chi connectivity index (χ0n) is 12.1. The Morgan fingerprint density at radius 2 is 1.55 bits per heavy atom. The van der Waals surface area contributed by atoms with Crippen molar-refractivity contribution in [2.24, 2.45) is 0 Å². The van der Waals surface area contributed by atoms with Crippen molar-refractivity contribution in [3.8, 4) is 0 Å². The van der Waals surface area contributed by atoms with Crippen LogP contribution in [0.4, 0.5) is 0 Å². The summed E-state index contributed by atoms with van der Waals surface area (Å²) in [4.78, 5) is 3.98. The molecule has 4 nitrogen and oxygen atoms in total. The van der Waals surface area contributed by atoms with Gasteiger partial charge in [0.05, 0.1) is 0 Å². The van der Waals surface area contributed by atoms with Crippen LogP contribution in [-0.2, 0) is 5.60 Å². The molecule has 3 aromatic rings. The molecule has 1 heterocycles. The van der Waals surface area contributed by atoms with Crippen molar-refractivity contribution in [1.29, 1.82) is 0 Å². The van der Waals surface area contributed by atoms with Gasteiger partial charge in [0.2, 0.25) is 0 Å². The minimum absolute atomic E-state index is 0.472. The van der Waals surface area contributed by atoms with Crippen LogP contribution in [0.25, 0.3) is 0 Å². The number of rotatable bonds is 5. The normalized spacial score (nSPS) is 12.8. The maximum atomic E-state index is 11.6. The first kappa shape index (κ1) is 14.2. The van der Waals surface area contributed by atoms with E-state index >= 15 is 0 Å². The topological polar surface area (TPSA) is 50.9 Å². The molecule has 0 unspecified atom stereocenters. The van der Waals surface area contributed by atoms with Crippen molar-refractivity contribution in [2.75, 3.05) is 0 Å². The molecule has 22 heavy (non-hydrogen) atoms. The summed E-state index contributed by atoms with van der Waals surface area (Å²) < 4.78 is 1.62. The second kappa shape index (κ2) is 5.95. The molecular formula is C18H17N3O. The highest BCUT2D eigenvalue weighted by molar-refractivity contribution is 5.38. The van der Waals surface area contributed by atoms with Crippen LogP contribution in [-0.4, -0.2) is 19.9 Å². The Balaban J connectivity index is 2.21. The van der Waals surface area contributed by atoms with E-state index in [1.807, 2.05) is 60.7 Å². The van der Waals surface area contributed by atoms with E-state index in [2.05, 4.69) is 16.7 Å². The van der Waals surface area contributed by atoms with Crippen LogP contribution in [0, 0.1) is 0 Å². The SMILES string of the molecule is C=C[C@@H](n1cncn1)C(O)(c1ccccc1)c1ccccc1. The number of aromatic nitrogens is 3. The van der Waals surface area contributed by atoms with Gasteiger partial charge in [-0.2, -0.15) is 5.10 Å². The lowest BCUT2D eigenvalue weighted by atomic mass is 9.80. The van der Waals surface area contributed by atoms with Crippen LogP contribution in [0.3, 0.4) is 0 Å². The van der Waals surface area contributed by atoms with E-state index in [-0.39, 0.29) is 0 Å². The van der Waals surface area contributed by atoms with Gasteiger partial charge < -0.3 is 5.11 Å². The molecule has 0 spiro atoms. The lowest BCUT2D eigenvalue weighted by Gasteiger charge is -2.35. The van der Waals surface area contributed by atoms with Gasteiger partial charge in [0.25, 0.3) is 0 Å². The fraction of sp³-hybridized carbons (Fsp3) is 0.111. The third-order valence-electron chi connectivity index (χ3n) is 3.80. The highest BCUT2D eigenvalue weighted by atomic mass is 16.3. The third-order valence-corrected chi connectivity index (χ3v) is 3.80. The van der Waals surface area contributed by atoms with Gasteiger partial charge in [-0.15, -0.1) is 6.58 Å². The van der Waals surface area contributed by atoms with Crippen LogP contribution in [0.2, 0.25) is 0 Å². The minimum atomic E-state index is -1.28. The van der Waals surface area contributed by atoms with Gasteiger partial charge in [-0.3, -0.25) is 0 Å². The van der Waals surface area contributed by atoms with Crippen molar-refractivity contribution >= 4 is 0 Å². The molecule has 0 saturated heterocycles. The van der Waals surface area contributed by atoms with Crippen LogP contribution >= 0.6 is 0 Å². The Morgan fingerprint density at radius 3 is 1.95 bits per heavy atom. The summed E-state index contributed by atoms with van der Waals surface area (Å²) in [5.41, 5.74) is 0.279. The first-order valence-electron chi connectivity index (χ1n) is 7.07. The number of nitrogens with zero attached hydrogens (tertiary/aromatic N) is 3. The summed E-state index contributed by atoms with van der Waals surface area (Å²) in [5, 5.41) is 15.8. The van der Waals surface area contributed by atoms with Crippen LogP contribution < -0.4 is 0 Å². The van der Waals surface area contributed by atoms with Gasteiger partial charge in [-0.05, 0) is 11.1 Å². The summed E-state index contributed by atoms with van der Waals surface area (Å²) in [7, 11) is 0. The molecule has 0 aliphatic rings. The number of benzene rings is 2. The fourth-order valence-corrected chi connectivity index (χ4v) is 2.72. The lowest BCUT2D eigenvalue weighted by Crippen LogP contribution is -2.37. The van der Waals surface area contributed by atoms with E-state index < -0.39 is 11.6 Å². The van der Waals surface area contributed by atoms with Crippen molar-refractivity contribution in [3.63, 3.8) is 0 Å². The average Bonchev–Trinajstić information content (AvgIpc) is 3.11. The molecule has 1 atom stereocenters. The summed E-state index contributed by atoms with van der Waals surface area (Å²) in [5.74, 6) is 0. The first-order valence-corrected chi connectivity index (χ1v) is 7.07. The Labute approximate surface area is 129 Å². The van der Waals surface area contributed by atoms with Crippen LogP contribution in [0.5, 0.6) is 0 Å². The van der Waals surface area contributed by atoms with Gasteiger partial charge in [0.15, 0.2) is 0 Å². The summed E-state index contributed by atoms with van der Waals surface area (Å²) in [6, 6.07) is 18.6. The van der Waals surface area contributed by atoms with E-state index in [1.165, 1.54) is 6.33 Å². The second-order valence-corrected chi connectivity index (χ2v) is 5.05. The summed E-state index contributed by atoms with van der Waals surface area (Å²) in [6.07, 6.45) is 4.73. The third kappa shape index (κ3) is 2.34. The molecule has 0 aliphatic heterocycles. The van der Waals surface area contributed by atoms with Crippen LogP contribution in [0.15, 0.2) is 86.0 Å². The van der Waals surface area contributed by atoms with Gasteiger partial charge in [0.1, 0.15) is 24.3 Å². The maximum absolute atomic E-state index is 11.6. The van der Waals surface area contributed by atoms with E-state index in [0.717, 1.165) is 11.1 Å². The predicted molar refractivity (Wildman–Crippen MR) is 85.1 cm³/mol. The first-order chi connectivity index (χ1) is 10.8. The standard InChI is InChI=1S/C18H17N3O/c1-2-17(21-14-19-13-20-21)18(22,15-9-5-3-6-10-15)16-11-7-4-8-12-16/h2-14,17,22H,1H2/t17-/m1/s1. The molecule has 2 aromatic carbocycles. The molecule has 3 rings (SSSR count). The molecule has 110 valence electrons. The smallest absolute Gasteiger partial charge is 0.141 e. The Morgan fingerprint density at radius 1 is 1.00 bits per heavy atom. The van der Waals surface area contributed by atoms with E-state index in [1.54, 1.807) is 17.1 Å². The van der Waals surface area contributed by atoms with Crippen molar-refractivity contribution in [1.82, 2.24) is 14.8 Å². The minimum Gasteiger partial charge on any atom is -0.378 e. The molecule has 1 aromatic heterocycles. The van der Waals surface area contributed by atoms with Gasteiger partial charge in [-0.25, -0.2) is 9.67 Å². The van der Waals surface area contributed by atoms with Crippen molar-refractivity contribution in [2.45, 2.75) is 11.6 Å². The van der Waals surface area contributed by atoms with Crippen LogP contribution in [0.1, 0.15) is 17.2 Å². The van der Waals surface area contributed by atoms with Gasteiger partial charge in [0, 0.05) is 0 Å².